The van der Waals surface area contributed by atoms with Crippen LogP contribution in [0.15, 0.2) is 47.4 Å². The molecule has 5 heteroatoms. The van der Waals surface area contributed by atoms with Crippen LogP contribution < -0.4 is 0 Å². The van der Waals surface area contributed by atoms with Gasteiger partial charge < -0.3 is 0 Å². The fraction of sp³-hybridized carbons (Fsp3) is 0.133. The van der Waals surface area contributed by atoms with Crippen LogP contribution in [0, 0.1) is 17.5 Å². The van der Waals surface area contributed by atoms with E-state index in [1.54, 1.807) is 19.1 Å². The second-order valence-corrected chi connectivity index (χ2v) is 5.62. The highest BCUT2D eigenvalue weighted by molar-refractivity contribution is 8.00. The van der Waals surface area contributed by atoms with Crippen LogP contribution in [0.1, 0.15) is 17.3 Å². The zero-order valence-corrected chi connectivity index (χ0v) is 11.4. The molecule has 1 atom stereocenters. The van der Waals surface area contributed by atoms with Crippen molar-refractivity contribution in [2.45, 2.75) is 17.1 Å². The number of hydrogen-bond acceptors (Lipinski definition) is 2. The van der Waals surface area contributed by atoms with Gasteiger partial charge in [-0.15, -0.1) is 11.8 Å². The maximum Gasteiger partial charge on any atom is 0.175 e. The molecule has 0 saturated heterocycles. The Morgan fingerprint density at radius 2 is 1.65 bits per heavy atom. The Labute approximate surface area is 118 Å². The molecule has 1 nitrogen and oxygen atoms in total. The molecule has 0 aromatic heterocycles. The zero-order chi connectivity index (χ0) is 14.7. The van der Waals surface area contributed by atoms with Crippen LogP contribution in [0.25, 0.3) is 0 Å². The normalized spacial score (nSPS) is 12.2. The molecule has 2 rings (SSSR count). The highest BCUT2D eigenvalue weighted by atomic mass is 32.2. The molecule has 0 aliphatic carbocycles. The molecule has 0 radical (unpaired) electrons. The first-order valence-corrected chi connectivity index (χ1v) is 6.77. The summed E-state index contributed by atoms with van der Waals surface area (Å²) in [4.78, 5) is 12.8. The van der Waals surface area contributed by atoms with E-state index < -0.39 is 16.9 Å². The summed E-state index contributed by atoms with van der Waals surface area (Å²) < 4.78 is 38.7. The highest BCUT2D eigenvalue weighted by Gasteiger charge is 2.18. The number of thioether (sulfide) groups is 1. The maximum atomic E-state index is 13.1. The van der Waals surface area contributed by atoms with Gasteiger partial charge in [0.25, 0.3) is 0 Å². The fourth-order valence-corrected chi connectivity index (χ4v) is 2.60. The van der Waals surface area contributed by atoms with Gasteiger partial charge in [0.05, 0.1) is 5.25 Å². The van der Waals surface area contributed by atoms with Crippen LogP contribution in [0.5, 0.6) is 0 Å². The summed E-state index contributed by atoms with van der Waals surface area (Å²) in [5, 5.41) is -0.481. The lowest BCUT2D eigenvalue weighted by molar-refractivity contribution is 0.0993. The second-order valence-electron chi connectivity index (χ2n) is 4.21. The molecule has 104 valence electrons. The van der Waals surface area contributed by atoms with E-state index in [1.807, 2.05) is 0 Å². The van der Waals surface area contributed by atoms with E-state index in [1.165, 1.54) is 30.0 Å². The number of carbonyl (C=O) groups is 1. The summed E-state index contributed by atoms with van der Waals surface area (Å²) in [6.45, 7) is 1.66. The van der Waals surface area contributed by atoms with E-state index in [9.17, 15) is 18.0 Å². The van der Waals surface area contributed by atoms with E-state index in [0.717, 1.165) is 17.0 Å². The van der Waals surface area contributed by atoms with Crippen LogP contribution in [0.4, 0.5) is 13.2 Å². The number of halogens is 3. The molecule has 0 heterocycles. The van der Waals surface area contributed by atoms with Crippen LogP contribution in [0.3, 0.4) is 0 Å². The quantitative estimate of drug-likeness (QED) is 0.612. The smallest absolute Gasteiger partial charge is 0.175 e. The molecule has 0 aliphatic heterocycles. The van der Waals surface area contributed by atoms with Crippen molar-refractivity contribution in [1.82, 2.24) is 0 Å². The van der Waals surface area contributed by atoms with Crippen LogP contribution >= 0.6 is 11.8 Å². The van der Waals surface area contributed by atoms with Crippen molar-refractivity contribution in [2.75, 3.05) is 0 Å². The number of rotatable bonds is 4. The lowest BCUT2D eigenvalue weighted by Crippen LogP contribution is -2.13. The number of Topliss-reactive ketones (excluding diaryl/α,β-unsaturated/α-hetero) is 1. The summed E-state index contributed by atoms with van der Waals surface area (Å²) in [6.07, 6.45) is 0. The minimum Gasteiger partial charge on any atom is -0.293 e. The first kappa shape index (κ1) is 14.7. The fourth-order valence-electron chi connectivity index (χ4n) is 1.65. The lowest BCUT2D eigenvalue weighted by atomic mass is 10.1. The average Bonchev–Trinajstić information content (AvgIpc) is 2.43. The summed E-state index contributed by atoms with van der Waals surface area (Å²) in [7, 11) is 0. The molecule has 0 saturated carbocycles. The van der Waals surface area contributed by atoms with E-state index in [-0.39, 0.29) is 17.2 Å². The molecule has 0 amide bonds. The van der Waals surface area contributed by atoms with E-state index in [4.69, 9.17) is 0 Å². The Kier molecular flexibility index (Phi) is 4.49. The first-order chi connectivity index (χ1) is 9.47. The van der Waals surface area contributed by atoms with Crippen LogP contribution in [-0.2, 0) is 0 Å². The van der Waals surface area contributed by atoms with Crippen molar-refractivity contribution in [3.63, 3.8) is 0 Å². The number of benzene rings is 2. The van der Waals surface area contributed by atoms with Crippen LogP contribution in [0.2, 0.25) is 0 Å². The third kappa shape index (κ3) is 3.42. The molecule has 0 fully saturated rings. The Hall–Kier alpha value is -1.75. The monoisotopic (exact) mass is 296 g/mol. The molecule has 0 N–H and O–H groups in total. The first-order valence-electron chi connectivity index (χ1n) is 5.89. The Balaban J connectivity index is 2.11. The molecular weight excluding hydrogens is 285 g/mol. The van der Waals surface area contributed by atoms with Gasteiger partial charge in [0.1, 0.15) is 5.82 Å². The number of carbonyl (C=O) groups excluding carboxylic acids is 1. The summed E-state index contributed by atoms with van der Waals surface area (Å²) in [6, 6.07) is 8.80. The molecular formula is C15H11F3OS. The predicted octanol–water partition coefficient (Wildman–Crippen LogP) is 4.47. The number of hydrogen-bond donors (Lipinski definition) is 0. The van der Waals surface area contributed by atoms with Crippen molar-refractivity contribution >= 4 is 17.5 Å². The minimum atomic E-state index is -1.05. The Morgan fingerprint density at radius 1 is 1.00 bits per heavy atom. The minimum absolute atomic E-state index is 0.117. The van der Waals surface area contributed by atoms with Gasteiger partial charge in [-0.3, -0.25) is 4.79 Å². The van der Waals surface area contributed by atoms with Gasteiger partial charge in [-0.1, -0.05) is 0 Å². The van der Waals surface area contributed by atoms with Gasteiger partial charge in [0.2, 0.25) is 0 Å². The Morgan fingerprint density at radius 3 is 2.25 bits per heavy atom. The third-order valence-electron chi connectivity index (χ3n) is 2.70. The van der Waals surface area contributed by atoms with Crippen molar-refractivity contribution in [1.29, 1.82) is 0 Å². The SMILES string of the molecule is CC(Sc1ccc(F)cc1)C(=O)c1ccc(F)c(F)c1. The largest absolute Gasteiger partial charge is 0.293 e. The van der Waals surface area contributed by atoms with E-state index >= 15 is 0 Å². The molecule has 2 aromatic carbocycles. The van der Waals surface area contributed by atoms with Gasteiger partial charge in [-0.2, -0.15) is 0 Å². The summed E-state index contributed by atoms with van der Waals surface area (Å²) in [5.74, 6) is -2.69. The second kappa shape index (κ2) is 6.13. The van der Waals surface area contributed by atoms with Gasteiger partial charge in [0.15, 0.2) is 17.4 Å². The average molecular weight is 296 g/mol. The summed E-state index contributed by atoms with van der Waals surface area (Å²) >= 11 is 1.23. The molecule has 1 unspecified atom stereocenters. The predicted molar refractivity (Wildman–Crippen MR) is 72.4 cm³/mol. The summed E-state index contributed by atoms with van der Waals surface area (Å²) in [5.41, 5.74) is 0.117. The van der Waals surface area contributed by atoms with Crippen LogP contribution in [-0.4, -0.2) is 11.0 Å². The molecule has 2 aromatic rings. The molecule has 0 bridgehead atoms. The van der Waals surface area contributed by atoms with Crippen molar-refractivity contribution in [2.24, 2.45) is 0 Å². The van der Waals surface area contributed by atoms with Gasteiger partial charge in [0, 0.05) is 10.5 Å². The van der Waals surface area contributed by atoms with Gasteiger partial charge >= 0.3 is 0 Å². The zero-order valence-electron chi connectivity index (χ0n) is 10.6. The van der Waals surface area contributed by atoms with Crippen molar-refractivity contribution in [3.05, 3.63) is 65.5 Å². The van der Waals surface area contributed by atoms with E-state index in [0.29, 0.717) is 0 Å². The van der Waals surface area contributed by atoms with E-state index in [2.05, 4.69) is 0 Å². The topological polar surface area (TPSA) is 17.1 Å². The molecule has 0 spiro atoms. The molecule has 20 heavy (non-hydrogen) atoms. The molecule has 0 aliphatic rings. The third-order valence-corrected chi connectivity index (χ3v) is 3.81. The van der Waals surface area contributed by atoms with Crippen molar-refractivity contribution in [3.8, 4) is 0 Å². The van der Waals surface area contributed by atoms with Gasteiger partial charge in [-0.05, 0) is 49.4 Å². The highest BCUT2D eigenvalue weighted by Crippen LogP contribution is 2.26. The standard InChI is InChI=1S/C15H11F3OS/c1-9(20-12-5-3-11(16)4-6-12)15(19)10-2-7-13(17)14(18)8-10/h2-9H,1H3. The lowest BCUT2D eigenvalue weighted by Gasteiger charge is -2.10. The Bertz CT molecular complexity index is 626. The van der Waals surface area contributed by atoms with Crippen molar-refractivity contribution < 1.29 is 18.0 Å². The number of ketones is 1. The maximum absolute atomic E-state index is 13.1. The van der Waals surface area contributed by atoms with Gasteiger partial charge in [-0.25, -0.2) is 13.2 Å².